The van der Waals surface area contributed by atoms with Crippen molar-refractivity contribution in [2.75, 3.05) is 53.6 Å². The second-order valence-electron chi connectivity index (χ2n) is 9.30. The van der Waals surface area contributed by atoms with E-state index in [4.69, 9.17) is 18.9 Å². The van der Waals surface area contributed by atoms with Gasteiger partial charge >= 0.3 is 5.97 Å². The zero-order valence-electron chi connectivity index (χ0n) is 22.7. The molecule has 0 fully saturated rings. The van der Waals surface area contributed by atoms with E-state index in [1.807, 2.05) is 35.0 Å². The molecule has 0 saturated heterocycles. The van der Waals surface area contributed by atoms with Gasteiger partial charge in [0.25, 0.3) is 0 Å². The Bertz CT molecular complexity index is 1170. The maximum Gasteiger partial charge on any atom is 0.338 e. The summed E-state index contributed by atoms with van der Waals surface area (Å²) in [6.07, 6.45) is 4.15. The number of carbonyl (C=O) groups excluding carboxylic acids is 1. The van der Waals surface area contributed by atoms with Crippen LogP contribution in [-0.4, -0.2) is 79.8 Å². The molecule has 3 aromatic rings. The number of hydrogen-bond donors (Lipinski definition) is 2. The summed E-state index contributed by atoms with van der Waals surface area (Å²) in [5.41, 5.74) is 1.33. The molecule has 1 atom stereocenters. The van der Waals surface area contributed by atoms with Gasteiger partial charge in [-0.05, 0) is 80.8 Å². The van der Waals surface area contributed by atoms with Crippen molar-refractivity contribution in [3.05, 3.63) is 48.0 Å². The molecule has 0 amide bonds. The van der Waals surface area contributed by atoms with Gasteiger partial charge in [-0.25, -0.2) is 9.48 Å². The Balaban J connectivity index is 1.52. The van der Waals surface area contributed by atoms with Crippen LogP contribution in [0.25, 0.3) is 11.4 Å². The van der Waals surface area contributed by atoms with E-state index in [0.29, 0.717) is 36.0 Å². The van der Waals surface area contributed by atoms with Crippen LogP contribution in [0.3, 0.4) is 0 Å². The molecule has 2 bridgehead atoms. The number of cyclic esters (lactones) is 1. The third kappa shape index (κ3) is 7.90. The zero-order valence-corrected chi connectivity index (χ0v) is 22.7. The van der Waals surface area contributed by atoms with Crippen molar-refractivity contribution < 1.29 is 23.7 Å². The normalized spacial score (nSPS) is 18.4. The number of esters is 1. The minimum atomic E-state index is -0.424. The van der Waals surface area contributed by atoms with Gasteiger partial charge in [0.05, 0.1) is 39.0 Å². The highest BCUT2D eigenvalue weighted by Gasteiger charge is 2.21. The van der Waals surface area contributed by atoms with Crippen molar-refractivity contribution in [3.63, 3.8) is 0 Å². The van der Waals surface area contributed by atoms with Gasteiger partial charge in [-0.1, -0.05) is 30.3 Å². The predicted molar refractivity (Wildman–Crippen MR) is 146 cm³/mol. The quantitative estimate of drug-likeness (QED) is 0.479. The fourth-order valence-electron chi connectivity index (χ4n) is 4.56. The fraction of sp³-hybridized carbons (Fsp3) is 0.500. The van der Waals surface area contributed by atoms with E-state index in [9.17, 15) is 4.79 Å². The van der Waals surface area contributed by atoms with Crippen LogP contribution in [0.2, 0.25) is 0 Å². The van der Waals surface area contributed by atoms with Crippen LogP contribution >= 0.6 is 0 Å². The Morgan fingerprint density at radius 3 is 2.44 bits per heavy atom. The fourth-order valence-corrected chi connectivity index (χ4v) is 4.56. The van der Waals surface area contributed by atoms with Gasteiger partial charge in [0.2, 0.25) is 5.75 Å². The van der Waals surface area contributed by atoms with Crippen molar-refractivity contribution in [1.29, 1.82) is 0 Å². The molecule has 210 valence electrons. The molecule has 4 rings (SSSR count). The van der Waals surface area contributed by atoms with Crippen molar-refractivity contribution in [1.82, 2.24) is 30.8 Å². The number of benzene rings is 2. The van der Waals surface area contributed by atoms with Gasteiger partial charge in [0.1, 0.15) is 0 Å². The lowest BCUT2D eigenvalue weighted by molar-refractivity contribution is 0.0499. The number of carbonyl (C=O) groups is 1. The minimum Gasteiger partial charge on any atom is -0.493 e. The molecular formula is C28H38N6O5. The summed E-state index contributed by atoms with van der Waals surface area (Å²) in [7, 11) is 3.08. The largest absolute Gasteiger partial charge is 0.493 e. The molecule has 2 heterocycles. The second kappa shape index (κ2) is 15.0. The summed E-state index contributed by atoms with van der Waals surface area (Å²) in [6.45, 7) is 4.18. The Morgan fingerprint density at radius 1 is 0.872 bits per heavy atom. The van der Waals surface area contributed by atoms with E-state index in [1.54, 1.807) is 19.2 Å². The summed E-state index contributed by atoms with van der Waals surface area (Å²) in [5.74, 6) is 1.61. The average Bonchev–Trinajstić information content (AvgIpc) is 3.46. The van der Waals surface area contributed by atoms with E-state index in [-0.39, 0.29) is 6.04 Å². The average molecular weight is 539 g/mol. The van der Waals surface area contributed by atoms with E-state index in [2.05, 4.69) is 26.2 Å². The van der Waals surface area contributed by atoms with E-state index in [1.165, 1.54) is 7.11 Å². The molecule has 1 aliphatic rings. The SMILES string of the molecule is COc1cc2cc(c1OC)OCCCC(n1nnnc1-c1ccccc1)CCNCCCNCCCOC2=O. The highest BCUT2D eigenvalue weighted by Crippen LogP contribution is 2.39. The number of hydrogen-bond acceptors (Lipinski definition) is 10. The van der Waals surface area contributed by atoms with E-state index in [0.717, 1.165) is 69.7 Å². The Labute approximate surface area is 229 Å². The standard InChI is InChI=1S/C28H38N6O5/c1-36-24-19-22-20-25(26(24)37-2)38-17-6-11-23(34-27(31-32-33-34)21-9-4-3-5-10-21)12-16-30-14-7-13-29-15-8-18-39-28(22)35/h3-5,9-10,19-20,23,29-30H,6-8,11-18H2,1-2H3. The molecule has 2 N–H and O–H groups in total. The number of methoxy groups -OCH3 is 2. The van der Waals surface area contributed by atoms with Gasteiger partial charge in [-0.3, -0.25) is 0 Å². The van der Waals surface area contributed by atoms with Crippen LogP contribution in [0.5, 0.6) is 17.2 Å². The van der Waals surface area contributed by atoms with Crippen LogP contribution in [0.15, 0.2) is 42.5 Å². The maximum atomic E-state index is 12.7. The monoisotopic (exact) mass is 538 g/mol. The van der Waals surface area contributed by atoms with E-state index >= 15 is 0 Å². The molecule has 1 aromatic heterocycles. The molecule has 1 aliphatic heterocycles. The molecule has 2 aromatic carbocycles. The molecule has 0 aliphatic carbocycles. The number of tetrazole rings is 1. The van der Waals surface area contributed by atoms with Crippen LogP contribution in [0, 0.1) is 0 Å². The predicted octanol–water partition coefficient (Wildman–Crippen LogP) is 3.28. The molecule has 0 saturated carbocycles. The summed E-state index contributed by atoms with van der Waals surface area (Å²) in [4.78, 5) is 12.7. The van der Waals surface area contributed by atoms with Crippen molar-refractivity contribution in [2.45, 2.75) is 38.1 Å². The number of fused-ring (bicyclic) bond motifs is 2. The Hall–Kier alpha value is -3.70. The molecule has 11 heteroatoms. The number of nitrogens with one attached hydrogen (secondary N) is 2. The molecule has 39 heavy (non-hydrogen) atoms. The highest BCUT2D eigenvalue weighted by molar-refractivity contribution is 5.91. The Kier molecular flexibility index (Phi) is 10.9. The molecular weight excluding hydrogens is 500 g/mol. The molecule has 0 radical (unpaired) electrons. The summed E-state index contributed by atoms with van der Waals surface area (Å²) in [5, 5.41) is 19.6. The third-order valence-corrected chi connectivity index (χ3v) is 6.58. The smallest absolute Gasteiger partial charge is 0.338 e. The topological polar surface area (TPSA) is 122 Å². The van der Waals surface area contributed by atoms with Gasteiger partial charge in [0, 0.05) is 5.56 Å². The summed E-state index contributed by atoms with van der Waals surface area (Å²) >= 11 is 0. The van der Waals surface area contributed by atoms with Gasteiger partial charge in [0.15, 0.2) is 17.3 Å². The molecule has 1 unspecified atom stereocenters. The first kappa shape index (κ1) is 28.3. The lowest BCUT2D eigenvalue weighted by Crippen LogP contribution is -2.26. The number of aromatic nitrogens is 4. The Morgan fingerprint density at radius 2 is 1.64 bits per heavy atom. The van der Waals surface area contributed by atoms with E-state index < -0.39 is 5.97 Å². The lowest BCUT2D eigenvalue weighted by Gasteiger charge is -2.20. The second-order valence-corrected chi connectivity index (χ2v) is 9.30. The molecule has 11 nitrogen and oxygen atoms in total. The van der Waals surface area contributed by atoms with Crippen molar-refractivity contribution in [3.8, 4) is 28.6 Å². The van der Waals surface area contributed by atoms with Crippen LogP contribution in [0.4, 0.5) is 0 Å². The van der Waals surface area contributed by atoms with Gasteiger partial charge in [-0.2, -0.15) is 0 Å². The van der Waals surface area contributed by atoms with Crippen molar-refractivity contribution in [2.24, 2.45) is 0 Å². The van der Waals surface area contributed by atoms with Gasteiger partial charge < -0.3 is 29.6 Å². The first-order valence-electron chi connectivity index (χ1n) is 13.5. The number of ether oxygens (including phenoxy) is 4. The minimum absolute atomic E-state index is 0.0766. The first-order valence-corrected chi connectivity index (χ1v) is 13.5. The maximum absolute atomic E-state index is 12.7. The van der Waals surface area contributed by atoms with Crippen LogP contribution in [0.1, 0.15) is 48.5 Å². The number of nitrogens with zero attached hydrogens (tertiary/aromatic N) is 4. The number of rotatable bonds is 4. The van der Waals surface area contributed by atoms with Gasteiger partial charge in [-0.15, -0.1) is 5.10 Å². The van der Waals surface area contributed by atoms with Crippen molar-refractivity contribution >= 4 is 5.97 Å². The van der Waals surface area contributed by atoms with Crippen LogP contribution < -0.4 is 24.8 Å². The summed E-state index contributed by atoms with van der Waals surface area (Å²) in [6, 6.07) is 13.3. The highest BCUT2D eigenvalue weighted by atomic mass is 16.5. The first-order chi connectivity index (χ1) is 19.2. The molecule has 0 spiro atoms. The summed E-state index contributed by atoms with van der Waals surface area (Å²) < 4.78 is 24.5. The lowest BCUT2D eigenvalue weighted by atomic mass is 10.1. The third-order valence-electron chi connectivity index (χ3n) is 6.58. The zero-order chi connectivity index (χ0) is 27.3. The van der Waals surface area contributed by atoms with Crippen LogP contribution in [-0.2, 0) is 4.74 Å².